The lowest BCUT2D eigenvalue weighted by molar-refractivity contribution is -0.132. The Morgan fingerprint density at radius 2 is 1.92 bits per heavy atom. The molecule has 1 aliphatic heterocycles. The van der Waals surface area contributed by atoms with Crippen molar-refractivity contribution in [2.75, 3.05) is 19.7 Å². The Kier molecular flexibility index (Phi) is 4.82. The van der Waals surface area contributed by atoms with Crippen molar-refractivity contribution in [1.29, 1.82) is 0 Å². The monoisotopic (exact) mass is 350 g/mol. The molecule has 0 atom stereocenters. The standard InChI is InChI=1S/C20H22N4O2/c25-19(12-16-13-23-18-5-2-1-4-17(16)18)24-10-6-15(7-11-24)14-26-20-21-8-3-9-22-20/h1-5,8-9,13,15,23H,6-7,10-12,14H2. The molecule has 26 heavy (non-hydrogen) atoms. The lowest BCUT2D eigenvalue weighted by Gasteiger charge is -2.31. The topological polar surface area (TPSA) is 71.1 Å². The van der Waals surface area contributed by atoms with Gasteiger partial charge < -0.3 is 14.6 Å². The van der Waals surface area contributed by atoms with Crippen LogP contribution in [-0.4, -0.2) is 45.5 Å². The van der Waals surface area contributed by atoms with E-state index < -0.39 is 0 Å². The number of piperidine rings is 1. The number of hydrogen-bond acceptors (Lipinski definition) is 4. The molecule has 134 valence electrons. The van der Waals surface area contributed by atoms with E-state index in [2.05, 4.69) is 21.0 Å². The Morgan fingerprint density at radius 3 is 2.73 bits per heavy atom. The number of para-hydroxylation sites is 1. The normalized spacial score (nSPS) is 15.3. The first kappa shape index (κ1) is 16.6. The lowest BCUT2D eigenvalue weighted by atomic mass is 9.97. The van der Waals surface area contributed by atoms with Crippen LogP contribution >= 0.6 is 0 Å². The van der Waals surface area contributed by atoms with E-state index in [1.807, 2.05) is 29.3 Å². The number of ether oxygens (including phenoxy) is 1. The number of hydrogen-bond donors (Lipinski definition) is 1. The molecule has 0 unspecified atom stereocenters. The molecule has 1 fully saturated rings. The third-order valence-corrected chi connectivity index (χ3v) is 4.97. The Labute approximate surface area is 152 Å². The molecular formula is C20H22N4O2. The maximum absolute atomic E-state index is 12.7. The molecule has 2 aromatic heterocycles. The number of nitrogens with one attached hydrogen (secondary N) is 1. The molecule has 0 radical (unpaired) electrons. The summed E-state index contributed by atoms with van der Waals surface area (Å²) in [6.45, 7) is 2.17. The minimum atomic E-state index is 0.195. The first-order valence-electron chi connectivity index (χ1n) is 9.02. The van der Waals surface area contributed by atoms with Crippen LogP contribution in [0.15, 0.2) is 48.9 Å². The highest BCUT2D eigenvalue weighted by molar-refractivity contribution is 5.88. The Morgan fingerprint density at radius 1 is 1.15 bits per heavy atom. The summed E-state index contributed by atoms with van der Waals surface area (Å²) in [6, 6.07) is 10.3. The molecule has 0 spiro atoms. The molecule has 0 saturated carbocycles. The molecule has 6 nitrogen and oxygen atoms in total. The smallest absolute Gasteiger partial charge is 0.316 e. The van der Waals surface area contributed by atoms with E-state index >= 15 is 0 Å². The predicted octanol–water partition coefficient (Wildman–Crippen LogP) is 2.82. The zero-order valence-electron chi connectivity index (χ0n) is 14.6. The number of aromatic amines is 1. The Balaban J connectivity index is 1.28. The van der Waals surface area contributed by atoms with Crippen LogP contribution in [-0.2, 0) is 11.2 Å². The summed E-state index contributed by atoms with van der Waals surface area (Å²) in [7, 11) is 0. The fourth-order valence-electron chi connectivity index (χ4n) is 3.45. The van der Waals surface area contributed by atoms with Crippen LogP contribution in [0.3, 0.4) is 0 Å². The molecule has 4 rings (SSSR count). The van der Waals surface area contributed by atoms with E-state index in [1.54, 1.807) is 18.5 Å². The van der Waals surface area contributed by atoms with Gasteiger partial charge in [-0.15, -0.1) is 0 Å². The summed E-state index contributed by atoms with van der Waals surface area (Å²) in [5.41, 5.74) is 2.14. The Hall–Kier alpha value is -2.89. The van der Waals surface area contributed by atoms with Gasteiger partial charge in [0.2, 0.25) is 5.91 Å². The quantitative estimate of drug-likeness (QED) is 0.768. The van der Waals surface area contributed by atoms with Gasteiger partial charge in [-0.3, -0.25) is 4.79 Å². The maximum Gasteiger partial charge on any atom is 0.316 e. The van der Waals surface area contributed by atoms with Crippen molar-refractivity contribution in [3.05, 3.63) is 54.5 Å². The SMILES string of the molecule is O=C(Cc1c[nH]c2ccccc12)N1CCC(COc2ncccn2)CC1. The van der Waals surface area contributed by atoms with Crippen molar-refractivity contribution in [3.8, 4) is 6.01 Å². The van der Waals surface area contributed by atoms with Crippen molar-refractivity contribution in [2.45, 2.75) is 19.3 Å². The number of carbonyl (C=O) groups excluding carboxylic acids is 1. The molecular weight excluding hydrogens is 328 g/mol. The molecule has 1 N–H and O–H groups in total. The second-order valence-corrected chi connectivity index (χ2v) is 6.70. The zero-order chi connectivity index (χ0) is 17.8. The van der Waals surface area contributed by atoms with E-state index in [0.29, 0.717) is 25.0 Å². The minimum Gasteiger partial charge on any atom is -0.463 e. The highest BCUT2D eigenvalue weighted by Gasteiger charge is 2.24. The third-order valence-electron chi connectivity index (χ3n) is 4.97. The van der Waals surface area contributed by atoms with Crippen molar-refractivity contribution >= 4 is 16.8 Å². The Bertz CT molecular complexity index is 870. The summed E-state index contributed by atoms with van der Waals surface area (Å²) in [4.78, 5) is 26.0. The summed E-state index contributed by atoms with van der Waals surface area (Å²) < 4.78 is 5.64. The first-order chi connectivity index (χ1) is 12.8. The van der Waals surface area contributed by atoms with Crippen LogP contribution in [0, 0.1) is 5.92 Å². The molecule has 3 heterocycles. The molecule has 0 bridgehead atoms. The molecule has 1 amide bonds. The fourth-order valence-corrected chi connectivity index (χ4v) is 3.45. The predicted molar refractivity (Wildman–Crippen MR) is 98.8 cm³/mol. The lowest BCUT2D eigenvalue weighted by Crippen LogP contribution is -2.40. The van der Waals surface area contributed by atoms with Gasteiger partial charge in [0.1, 0.15) is 0 Å². The number of amides is 1. The van der Waals surface area contributed by atoms with Gasteiger partial charge in [-0.25, -0.2) is 9.97 Å². The number of nitrogens with zero attached hydrogens (tertiary/aromatic N) is 3. The van der Waals surface area contributed by atoms with Crippen LogP contribution < -0.4 is 4.74 Å². The minimum absolute atomic E-state index is 0.195. The largest absolute Gasteiger partial charge is 0.463 e. The number of benzene rings is 1. The maximum atomic E-state index is 12.7. The van der Waals surface area contributed by atoms with Gasteiger partial charge in [-0.2, -0.15) is 0 Å². The summed E-state index contributed by atoms with van der Waals surface area (Å²) in [5.74, 6) is 0.636. The van der Waals surface area contributed by atoms with E-state index in [4.69, 9.17) is 4.74 Å². The number of carbonyl (C=O) groups is 1. The van der Waals surface area contributed by atoms with Crippen LogP contribution in [0.2, 0.25) is 0 Å². The molecule has 6 heteroatoms. The summed E-state index contributed by atoms with van der Waals surface area (Å²) in [5, 5.41) is 1.13. The number of likely N-dealkylation sites (tertiary alicyclic amines) is 1. The van der Waals surface area contributed by atoms with Crippen molar-refractivity contribution < 1.29 is 9.53 Å². The van der Waals surface area contributed by atoms with Crippen LogP contribution in [0.5, 0.6) is 6.01 Å². The van der Waals surface area contributed by atoms with Gasteiger partial charge in [0.25, 0.3) is 0 Å². The third kappa shape index (κ3) is 3.69. The van der Waals surface area contributed by atoms with Gasteiger partial charge in [-0.1, -0.05) is 18.2 Å². The van der Waals surface area contributed by atoms with Crippen molar-refractivity contribution in [2.24, 2.45) is 5.92 Å². The van der Waals surface area contributed by atoms with Crippen LogP contribution in [0.1, 0.15) is 18.4 Å². The van der Waals surface area contributed by atoms with E-state index in [1.165, 1.54) is 0 Å². The van der Waals surface area contributed by atoms with E-state index in [9.17, 15) is 4.79 Å². The second kappa shape index (κ2) is 7.56. The average molecular weight is 350 g/mol. The fraction of sp³-hybridized carbons (Fsp3) is 0.350. The van der Waals surface area contributed by atoms with Crippen molar-refractivity contribution in [1.82, 2.24) is 19.9 Å². The molecule has 3 aromatic rings. The van der Waals surface area contributed by atoms with Gasteiger partial charge in [0.15, 0.2) is 0 Å². The zero-order valence-corrected chi connectivity index (χ0v) is 14.6. The van der Waals surface area contributed by atoms with Gasteiger partial charge in [0, 0.05) is 42.6 Å². The highest BCUT2D eigenvalue weighted by atomic mass is 16.5. The van der Waals surface area contributed by atoms with Crippen LogP contribution in [0.4, 0.5) is 0 Å². The van der Waals surface area contributed by atoms with Gasteiger partial charge in [0.05, 0.1) is 13.0 Å². The molecule has 1 aliphatic rings. The van der Waals surface area contributed by atoms with E-state index in [-0.39, 0.29) is 5.91 Å². The summed E-state index contributed by atoms with van der Waals surface area (Å²) >= 11 is 0. The van der Waals surface area contributed by atoms with Gasteiger partial charge >= 0.3 is 6.01 Å². The van der Waals surface area contributed by atoms with Crippen molar-refractivity contribution in [3.63, 3.8) is 0 Å². The van der Waals surface area contributed by atoms with E-state index in [0.717, 1.165) is 42.4 Å². The molecule has 1 saturated heterocycles. The molecule has 0 aliphatic carbocycles. The van der Waals surface area contributed by atoms with Crippen LogP contribution in [0.25, 0.3) is 10.9 Å². The average Bonchev–Trinajstić information content (AvgIpc) is 3.10. The highest BCUT2D eigenvalue weighted by Crippen LogP contribution is 2.22. The number of aromatic nitrogens is 3. The number of fused-ring (bicyclic) bond motifs is 1. The number of H-pyrrole nitrogens is 1. The van der Waals surface area contributed by atoms with Gasteiger partial charge in [-0.05, 0) is 36.5 Å². The molecule has 1 aromatic carbocycles. The summed E-state index contributed by atoms with van der Waals surface area (Å²) in [6.07, 6.45) is 7.65. The number of rotatable bonds is 5. The second-order valence-electron chi connectivity index (χ2n) is 6.70. The first-order valence-corrected chi connectivity index (χ1v) is 9.02.